The van der Waals surface area contributed by atoms with Crippen LogP contribution in [0.3, 0.4) is 0 Å². The van der Waals surface area contributed by atoms with Crippen LogP contribution in [0.15, 0.2) is 28.7 Å². The largest absolute Gasteiger partial charge is 0.456 e. The zero-order valence-electron chi connectivity index (χ0n) is 12.2. The summed E-state index contributed by atoms with van der Waals surface area (Å²) in [5.74, 6) is 0.693. The monoisotopic (exact) mass is 304 g/mol. The summed E-state index contributed by atoms with van der Waals surface area (Å²) in [4.78, 5) is 0. The van der Waals surface area contributed by atoms with E-state index in [4.69, 9.17) is 16.0 Å². The number of fused-ring (bicyclic) bond motifs is 1. The predicted molar refractivity (Wildman–Crippen MR) is 84.5 cm³/mol. The van der Waals surface area contributed by atoms with E-state index in [1.807, 2.05) is 24.3 Å². The lowest BCUT2D eigenvalue weighted by Gasteiger charge is -2.41. The summed E-state index contributed by atoms with van der Waals surface area (Å²) in [7, 11) is 0. The molecule has 3 heteroatoms. The maximum Gasteiger partial charge on any atom is 0.153 e. The molecule has 1 aromatic carbocycles. The van der Waals surface area contributed by atoms with Crippen molar-refractivity contribution in [3.05, 3.63) is 35.0 Å². The van der Waals surface area contributed by atoms with E-state index >= 15 is 0 Å². The lowest BCUT2D eigenvalue weighted by Crippen LogP contribution is -2.35. The van der Waals surface area contributed by atoms with E-state index in [9.17, 15) is 5.11 Å². The van der Waals surface area contributed by atoms with Crippen molar-refractivity contribution in [2.45, 2.75) is 57.0 Å². The molecular weight excluding hydrogens is 284 g/mol. The van der Waals surface area contributed by atoms with Gasteiger partial charge in [0, 0.05) is 5.39 Å². The van der Waals surface area contributed by atoms with Gasteiger partial charge in [-0.25, -0.2) is 0 Å². The summed E-state index contributed by atoms with van der Waals surface area (Å²) in [5, 5.41) is 12.6. The van der Waals surface area contributed by atoms with Crippen LogP contribution in [0.2, 0.25) is 5.02 Å². The Morgan fingerprint density at radius 1 is 1.00 bits per heavy atom. The Kier molecular flexibility index (Phi) is 3.09. The third kappa shape index (κ3) is 2.20. The minimum atomic E-state index is -0.809. The molecule has 0 saturated heterocycles. The first-order valence-electron chi connectivity index (χ1n) is 8.01. The molecule has 1 aromatic heterocycles. The van der Waals surface area contributed by atoms with Gasteiger partial charge in [-0.3, -0.25) is 0 Å². The van der Waals surface area contributed by atoms with Gasteiger partial charge in [-0.2, -0.15) is 0 Å². The zero-order valence-corrected chi connectivity index (χ0v) is 13.0. The molecule has 4 rings (SSSR count). The first-order chi connectivity index (χ1) is 10.1. The third-order valence-electron chi connectivity index (χ3n) is 5.76. The fourth-order valence-corrected chi connectivity index (χ4v) is 4.54. The molecule has 0 unspecified atom stereocenters. The van der Waals surface area contributed by atoms with E-state index in [2.05, 4.69) is 0 Å². The average Bonchev–Trinajstić information content (AvgIpc) is 3.11. The number of hydrogen-bond acceptors (Lipinski definition) is 2. The van der Waals surface area contributed by atoms with Gasteiger partial charge in [0.1, 0.15) is 11.4 Å². The van der Waals surface area contributed by atoms with E-state index in [1.165, 1.54) is 25.7 Å². The Morgan fingerprint density at radius 2 is 1.71 bits per heavy atom. The highest BCUT2D eigenvalue weighted by Gasteiger charge is 2.45. The first kappa shape index (κ1) is 13.7. The number of benzene rings is 1. The molecule has 0 radical (unpaired) electrons. The Labute approximate surface area is 130 Å². The van der Waals surface area contributed by atoms with E-state index in [0.717, 1.165) is 31.1 Å². The summed E-state index contributed by atoms with van der Waals surface area (Å²) >= 11 is 6.18. The molecule has 112 valence electrons. The summed E-state index contributed by atoms with van der Waals surface area (Å²) in [6.07, 6.45) is 9.26. The van der Waals surface area contributed by atoms with Gasteiger partial charge < -0.3 is 9.52 Å². The van der Waals surface area contributed by atoms with Crippen molar-refractivity contribution in [1.29, 1.82) is 0 Å². The highest BCUT2D eigenvalue weighted by molar-refractivity contribution is 6.34. The molecule has 1 spiro atoms. The van der Waals surface area contributed by atoms with Crippen molar-refractivity contribution in [1.82, 2.24) is 0 Å². The fourth-order valence-electron chi connectivity index (χ4n) is 4.32. The zero-order chi connectivity index (χ0) is 14.5. The van der Waals surface area contributed by atoms with Gasteiger partial charge in [0.05, 0.1) is 5.02 Å². The molecule has 0 bridgehead atoms. The van der Waals surface area contributed by atoms with Crippen molar-refractivity contribution in [2.24, 2.45) is 5.41 Å². The molecular formula is C18H21ClO2. The number of furan rings is 1. The highest BCUT2D eigenvalue weighted by Crippen LogP contribution is 2.54. The van der Waals surface area contributed by atoms with Gasteiger partial charge in [0.15, 0.2) is 5.58 Å². The normalized spacial score (nSPS) is 23.9. The van der Waals surface area contributed by atoms with E-state index in [1.54, 1.807) is 0 Å². The number of hydrogen-bond donors (Lipinski definition) is 1. The van der Waals surface area contributed by atoms with Crippen molar-refractivity contribution in [3.8, 4) is 0 Å². The molecule has 0 atom stereocenters. The lowest BCUT2D eigenvalue weighted by atomic mass is 9.67. The van der Waals surface area contributed by atoms with Gasteiger partial charge >= 0.3 is 0 Å². The van der Waals surface area contributed by atoms with Crippen LogP contribution < -0.4 is 0 Å². The molecule has 1 heterocycles. The molecule has 21 heavy (non-hydrogen) atoms. The molecule has 2 saturated carbocycles. The van der Waals surface area contributed by atoms with Crippen LogP contribution in [0.4, 0.5) is 0 Å². The molecule has 2 aliphatic carbocycles. The topological polar surface area (TPSA) is 33.4 Å². The Morgan fingerprint density at radius 3 is 2.38 bits per heavy atom. The summed E-state index contributed by atoms with van der Waals surface area (Å²) in [6, 6.07) is 7.70. The van der Waals surface area contributed by atoms with Gasteiger partial charge in [-0.1, -0.05) is 36.6 Å². The molecule has 2 nitrogen and oxygen atoms in total. The van der Waals surface area contributed by atoms with Gasteiger partial charge in [-0.05, 0) is 56.1 Å². The minimum Gasteiger partial charge on any atom is -0.456 e. The third-order valence-corrected chi connectivity index (χ3v) is 6.05. The fraction of sp³-hybridized carbons (Fsp3) is 0.556. The lowest BCUT2D eigenvalue weighted by molar-refractivity contribution is -0.0518. The SMILES string of the molecule is OC1(c2cc3cccc(Cl)c3o2)CCC2(CCCC2)CC1. The quantitative estimate of drug-likeness (QED) is 0.764. The summed E-state index contributed by atoms with van der Waals surface area (Å²) in [6.45, 7) is 0. The molecule has 2 aliphatic rings. The van der Waals surface area contributed by atoms with Crippen LogP contribution >= 0.6 is 11.6 Å². The van der Waals surface area contributed by atoms with Crippen LogP contribution in [-0.2, 0) is 5.60 Å². The Bertz CT molecular complexity index is 657. The smallest absolute Gasteiger partial charge is 0.153 e. The number of para-hydroxylation sites is 1. The minimum absolute atomic E-state index is 0.510. The van der Waals surface area contributed by atoms with E-state index in [0.29, 0.717) is 21.8 Å². The van der Waals surface area contributed by atoms with Crippen LogP contribution in [0.5, 0.6) is 0 Å². The van der Waals surface area contributed by atoms with Gasteiger partial charge in [0.2, 0.25) is 0 Å². The van der Waals surface area contributed by atoms with Crippen molar-refractivity contribution in [2.75, 3.05) is 0 Å². The van der Waals surface area contributed by atoms with Crippen LogP contribution in [-0.4, -0.2) is 5.11 Å². The summed E-state index contributed by atoms with van der Waals surface area (Å²) in [5.41, 5.74) is 0.398. The van der Waals surface area contributed by atoms with Crippen molar-refractivity contribution >= 4 is 22.6 Å². The highest BCUT2D eigenvalue weighted by atomic mass is 35.5. The van der Waals surface area contributed by atoms with Crippen LogP contribution in [0.25, 0.3) is 11.0 Å². The average molecular weight is 305 g/mol. The van der Waals surface area contributed by atoms with Crippen molar-refractivity contribution in [3.63, 3.8) is 0 Å². The van der Waals surface area contributed by atoms with E-state index < -0.39 is 5.60 Å². The van der Waals surface area contributed by atoms with Crippen LogP contribution in [0, 0.1) is 5.41 Å². The number of rotatable bonds is 1. The Balaban J connectivity index is 1.64. The molecule has 0 amide bonds. The predicted octanol–water partition coefficient (Wildman–Crippen LogP) is 5.41. The van der Waals surface area contributed by atoms with E-state index in [-0.39, 0.29) is 0 Å². The molecule has 2 fully saturated rings. The maximum absolute atomic E-state index is 11.0. The van der Waals surface area contributed by atoms with Crippen LogP contribution in [0.1, 0.15) is 57.1 Å². The van der Waals surface area contributed by atoms with Gasteiger partial charge in [0.25, 0.3) is 0 Å². The molecule has 1 N–H and O–H groups in total. The van der Waals surface area contributed by atoms with Crippen molar-refractivity contribution < 1.29 is 9.52 Å². The molecule has 0 aliphatic heterocycles. The second-order valence-corrected chi connectivity index (χ2v) is 7.41. The second-order valence-electron chi connectivity index (χ2n) is 7.01. The second kappa shape index (κ2) is 4.76. The molecule has 2 aromatic rings. The maximum atomic E-state index is 11.0. The Hall–Kier alpha value is -0.990. The summed E-state index contributed by atoms with van der Waals surface area (Å²) < 4.78 is 5.91. The first-order valence-corrected chi connectivity index (χ1v) is 8.39. The van der Waals surface area contributed by atoms with Gasteiger partial charge in [-0.15, -0.1) is 0 Å². The number of aliphatic hydroxyl groups is 1. The number of halogens is 1. The standard InChI is InChI=1S/C18H21ClO2/c19-14-5-3-4-13-12-15(21-16(13)14)18(20)10-8-17(9-11-18)6-1-2-7-17/h3-5,12,20H,1-2,6-11H2.